The number of hydrogen-bond acceptors (Lipinski definition) is 4. The number of thioether (sulfide) groups is 1. The summed E-state index contributed by atoms with van der Waals surface area (Å²) >= 11 is 8.59. The molecule has 0 aliphatic rings. The minimum absolute atomic E-state index is 0.0967. The third-order valence-corrected chi connectivity index (χ3v) is 4.87. The van der Waals surface area contributed by atoms with Gasteiger partial charge < -0.3 is 10.4 Å². The minimum Gasteiger partial charge on any atom is -0.386 e. The molecule has 0 unspecified atom stereocenters. The van der Waals surface area contributed by atoms with Gasteiger partial charge in [-0.25, -0.2) is 0 Å². The van der Waals surface area contributed by atoms with Crippen LogP contribution in [0.5, 0.6) is 0 Å². The van der Waals surface area contributed by atoms with Gasteiger partial charge in [0.2, 0.25) is 5.91 Å². The van der Waals surface area contributed by atoms with Gasteiger partial charge in [-0.15, -0.1) is 23.1 Å². The summed E-state index contributed by atoms with van der Waals surface area (Å²) < 4.78 is 0.630. The lowest BCUT2D eigenvalue weighted by atomic mass is 10.3. The van der Waals surface area contributed by atoms with Crippen LogP contribution in [0.1, 0.15) is 11.0 Å². The molecule has 1 atom stereocenters. The van der Waals surface area contributed by atoms with Crippen LogP contribution in [-0.2, 0) is 4.79 Å². The Bertz CT molecular complexity index is 559. The molecule has 3 nitrogen and oxygen atoms in total. The monoisotopic (exact) mass is 327 g/mol. The summed E-state index contributed by atoms with van der Waals surface area (Å²) in [5, 5.41) is 12.6. The highest BCUT2D eigenvalue weighted by Crippen LogP contribution is 2.26. The predicted molar refractivity (Wildman–Crippen MR) is 84.5 cm³/mol. The second-order valence-corrected chi connectivity index (χ2v) is 6.86. The van der Waals surface area contributed by atoms with E-state index >= 15 is 0 Å². The molecular formula is C14H14ClNO2S2. The third-order valence-electron chi connectivity index (χ3n) is 2.53. The molecule has 0 aliphatic carbocycles. The Hall–Kier alpha value is -1.01. The molecule has 0 bridgehead atoms. The fraction of sp³-hybridized carbons (Fsp3) is 0.214. The first kappa shape index (κ1) is 15.4. The molecule has 1 heterocycles. The Labute approximate surface area is 131 Å². The molecule has 2 aromatic rings. The van der Waals surface area contributed by atoms with Crippen LogP contribution in [0, 0.1) is 0 Å². The van der Waals surface area contributed by atoms with Crippen LogP contribution in [0.3, 0.4) is 0 Å². The smallest absolute Gasteiger partial charge is 0.230 e. The van der Waals surface area contributed by atoms with Crippen molar-refractivity contribution < 1.29 is 9.90 Å². The Morgan fingerprint density at radius 2 is 2.05 bits per heavy atom. The molecule has 0 saturated heterocycles. The van der Waals surface area contributed by atoms with E-state index in [0.29, 0.717) is 10.1 Å². The van der Waals surface area contributed by atoms with Crippen molar-refractivity contribution in [3.05, 3.63) is 51.7 Å². The van der Waals surface area contributed by atoms with E-state index in [1.807, 2.05) is 30.3 Å². The molecule has 20 heavy (non-hydrogen) atoms. The summed E-state index contributed by atoms with van der Waals surface area (Å²) in [5.74, 6) is 0.239. The molecule has 1 aromatic heterocycles. The first-order chi connectivity index (χ1) is 9.65. The van der Waals surface area contributed by atoms with Crippen molar-refractivity contribution in [2.45, 2.75) is 11.0 Å². The second kappa shape index (κ2) is 7.69. The fourth-order valence-electron chi connectivity index (χ4n) is 1.54. The van der Waals surface area contributed by atoms with Gasteiger partial charge in [0.15, 0.2) is 0 Å². The number of aliphatic hydroxyl groups excluding tert-OH is 1. The highest BCUT2D eigenvalue weighted by Gasteiger charge is 2.11. The van der Waals surface area contributed by atoms with Crippen LogP contribution in [0.25, 0.3) is 0 Å². The van der Waals surface area contributed by atoms with E-state index in [0.717, 1.165) is 9.77 Å². The molecule has 0 fully saturated rings. The van der Waals surface area contributed by atoms with E-state index in [9.17, 15) is 9.90 Å². The van der Waals surface area contributed by atoms with Crippen molar-refractivity contribution in [3.63, 3.8) is 0 Å². The SMILES string of the molecule is O=C(CSc1ccccc1)NC[C@H](O)c1ccc(Cl)s1. The maximum Gasteiger partial charge on any atom is 0.230 e. The van der Waals surface area contributed by atoms with Gasteiger partial charge in [0, 0.05) is 16.3 Å². The quantitative estimate of drug-likeness (QED) is 0.800. The molecule has 0 spiro atoms. The number of carbonyl (C=O) groups excluding carboxylic acids is 1. The molecule has 1 amide bonds. The van der Waals surface area contributed by atoms with Crippen LogP contribution in [0.4, 0.5) is 0 Å². The lowest BCUT2D eigenvalue weighted by molar-refractivity contribution is -0.119. The van der Waals surface area contributed by atoms with Gasteiger partial charge in [-0.1, -0.05) is 29.8 Å². The van der Waals surface area contributed by atoms with Gasteiger partial charge in [0.1, 0.15) is 6.10 Å². The van der Waals surface area contributed by atoms with Gasteiger partial charge >= 0.3 is 0 Å². The fourth-order valence-corrected chi connectivity index (χ4v) is 3.33. The average Bonchev–Trinajstić information content (AvgIpc) is 2.90. The maximum atomic E-state index is 11.7. The van der Waals surface area contributed by atoms with E-state index in [1.165, 1.54) is 23.1 Å². The van der Waals surface area contributed by atoms with Crippen LogP contribution in [0.15, 0.2) is 47.4 Å². The normalized spacial score (nSPS) is 12.1. The van der Waals surface area contributed by atoms with Crippen molar-refractivity contribution >= 4 is 40.6 Å². The second-order valence-electron chi connectivity index (χ2n) is 4.06. The number of rotatable bonds is 6. The van der Waals surface area contributed by atoms with E-state index in [4.69, 9.17) is 11.6 Å². The number of nitrogens with one attached hydrogen (secondary N) is 1. The Morgan fingerprint density at radius 1 is 1.30 bits per heavy atom. The van der Waals surface area contributed by atoms with Crippen molar-refractivity contribution in [3.8, 4) is 0 Å². The highest BCUT2D eigenvalue weighted by atomic mass is 35.5. The molecule has 2 rings (SSSR count). The van der Waals surface area contributed by atoms with E-state index in [2.05, 4.69) is 5.32 Å². The van der Waals surface area contributed by atoms with Crippen molar-refractivity contribution in [2.24, 2.45) is 0 Å². The molecular weight excluding hydrogens is 314 g/mol. The number of thiophene rings is 1. The number of benzene rings is 1. The molecule has 1 aromatic carbocycles. The summed E-state index contributed by atoms with van der Waals surface area (Å²) in [6.07, 6.45) is -0.710. The van der Waals surface area contributed by atoms with Crippen LogP contribution in [-0.4, -0.2) is 23.3 Å². The van der Waals surface area contributed by atoms with Crippen molar-refractivity contribution in [1.82, 2.24) is 5.32 Å². The predicted octanol–water partition coefficient (Wildman–Crippen LogP) is 3.34. The van der Waals surface area contributed by atoms with Gasteiger partial charge in [0.25, 0.3) is 0 Å². The number of aliphatic hydroxyl groups is 1. The standard InChI is InChI=1S/C14H14ClNO2S2/c15-13-7-6-12(20-13)11(17)8-16-14(18)9-19-10-4-2-1-3-5-10/h1-7,11,17H,8-9H2,(H,16,18)/t11-/m0/s1. The van der Waals surface area contributed by atoms with E-state index in [1.54, 1.807) is 12.1 Å². The Morgan fingerprint density at radius 3 is 2.70 bits per heavy atom. The molecule has 106 valence electrons. The maximum absolute atomic E-state index is 11.7. The van der Waals surface area contributed by atoms with E-state index in [-0.39, 0.29) is 12.5 Å². The van der Waals surface area contributed by atoms with Crippen molar-refractivity contribution in [2.75, 3.05) is 12.3 Å². The average molecular weight is 328 g/mol. The zero-order chi connectivity index (χ0) is 14.4. The molecule has 2 N–H and O–H groups in total. The van der Waals surface area contributed by atoms with Crippen LogP contribution >= 0.6 is 34.7 Å². The summed E-state index contributed by atoms with van der Waals surface area (Å²) in [6, 6.07) is 13.2. The lowest BCUT2D eigenvalue weighted by Crippen LogP contribution is -2.29. The first-order valence-corrected chi connectivity index (χ1v) is 8.21. The van der Waals surface area contributed by atoms with Crippen LogP contribution < -0.4 is 5.32 Å². The largest absolute Gasteiger partial charge is 0.386 e. The van der Waals surface area contributed by atoms with Crippen LogP contribution in [0.2, 0.25) is 4.34 Å². The Balaban J connectivity index is 1.72. The topological polar surface area (TPSA) is 49.3 Å². The molecule has 0 radical (unpaired) electrons. The molecule has 0 saturated carbocycles. The van der Waals surface area contributed by atoms with Gasteiger partial charge in [-0.2, -0.15) is 0 Å². The number of hydrogen-bond donors (Lipinski definition) is 2. The van der Waals surface area contributed by atoms with Gasteiger partial charge in [-0.05, 0) is 24.3 Å². The molecule has 0 aliphatic heterocycles. The zero-order valence-corrected chi connectivity index (χ0v) is 13.0. The number of amides is 1. The van der Waals surface area contributed by atoms with Gasteiger partial charge in [-0.3, -0.25) is 4.79 Å². The number of carbonyl (C=O) groups is 1. The highest BCUT2D eigenvalue weighted by molar-refractivity contribution is 8.00. The van der Waals surface area contributed by atoms with Gasteiger partial charge in [0.05, 0.1) is 10.1 Å². The first-order valence-electron chi connectivity index (χ1n) is 6.03. The molecule has 6 heteroatoms. The Kier molecular flexibility index (Phi) is 5.91. The number of halogens is 1. The summed E-state index contributed by atoms with van der Waals surface area (Å²) in [4.78, 5) is 13.5. The van der Waals surface area contributed by atoms with Crippen molar-refractivity contribution in [1.29, 1.82) is 0 Å². The lowest BCUT2D eigenvalue weighted by Gasteiger charge is -2.10. The summed E-state index contributed by atoms with van der Waals surface area (Å²) in [7, 11) is 0. The third kappa shape index (κ3) is 4.83. The summed E-state index contributed by atoms with van der Waals surface area (Å²) in [5.41, 5.74) is 0. The minimum atomic E-state index is -0.710. The zero-order valence-electron chi connectivity index (χ0n) is 10.6. The summed E-state index contributed by atoms with van der Waals surface area (Å²) in [6.45, 7) is 0.199. The van der Waals surface area contributed by atoms with E-state index < -0.39 is 6.10 Å².